The second kappa shape index (κ2) is 9.58. The van der Waals surface area contributed by atoms with Crippen molar-refractivity contribution in [3.05, 3.63) is 82.9 Å². The quantitative estimate of drug-likeness (QED) is 0.332. The average molecular weight is 472 g/mol. The number of nitrogens with one attached hydrogen (secondary N) is 1. The number of benzene rings is 3. The molecule has 0 saturated carbocycles. The number of halogens is 2. The fourth-order valence-corrected chi connectivity index (χ4v) is 3.94. The van der Waals surface area contributed by atoms with Crippen molar-refractivity contribution < 1.29 is 9.59 Å². The lowest BCUT2D eigenvalue weighted by Gasteiger charge is -2.17. The summed E-state index contributed by atoms with van der Waals surface area (Å²) in [5.41, 5.74) is 7.62. The number of Topliss-reactive ketones (excluding diaryl/α,β-unsaturated/α-hetero) is 1. The summed E-state index contributed by atoms with van der Waals surface area (Å²) in [5.74, 6) is -1.34. The summed E-state index contributed by atoms with van der Waals surface area (Å²) in [5, 5.41) is 5.82. The summed E-state index contributed by atoms with van der Waals surface area (Å²) in [6, 6.07) is 20.4. The molecule has 1 fully saturated rings. The summed E-state index contributed by atoms with van der Waals surface area (Å²) in [6.45, 7) is 0.789. The van der Waals surface area contributed by atoms with Gasteiger partial charge in [-0.15, -0.1) is 12.4 Å². The molecule has 4 rings (SSSR count). The van der Waals surface area contributed by atoms with Crippen molar-refractivity contribution in [2.75, 3.05) is 18.0 Å². The molecule has 1 saturated heterocycles. The second-order valence-electron chi connectivity index (χ2n) is 6.78. The molecule has 8 heteroatoms. The van der Waals surface area contributed by atoms with Crippen LogP contribution in [0, 0.1) is 0 Å². The summed E-state index contributed by atoms with van der Waals surface area (Å²) < 4.78 is 0. The molecule has 1 heterocycles. The van der Waals surface area contributed by atoms with Gasteiger partial charge in [0.05, 0.1) is 17.0 Å². The van der Waals surface area contributed by atoms with Crippen LogP contribution in [-0.2, 0) is 9.59 Å². The lowest BCUT2D eigenvalue weighted by atomic mass is 10.0. The Morgan fingerprint density at radius 1 is 1.00 bits per heavy atom. The highest BCUT2D eigenvalue weighted by molar-refractivity contribution is 7.81. The summed E-state index contributed by atoms with van der Waals surface area (Å²) in [6.07, 6.45) is 0. The smallest absolute Gasteiger partial charge is 0.304 e. The van der Waals surface area contributed by atoms with E-state index in [0.29, 0.717) is 29.5 Å². The van der Waals surface area contributed by atoms with Gasteiger partial charge in [0.25, 0.3) is 5.78 Å². The highest BCUT2D eigenvalue weighted by Gasteiger charge is 2.42. The maximum atomic E-state index is 13.0. The van der Waals surface area contributed by atoms with E-state index in [4.69, 9.17) is 29.6 Å². The first kappa shape index (κ1) is 22.9. The Morgan fingerprint density at radius 3 is 2.35 bits per heavy atom. The number of amides is 1. The van der Waals surface area contributed by atoms with Crippen molar-refractivity contribution in [3.63, 3.8) is 0 Å². The minimum absolute atomic E-state index is 0. The van der Waals surface area contributed by atoms with Crippen LogP contribution in [-0.4, -0.2) is 29.8 Å². The van der Waals surface area contributed by atoms with Crippen LogP contribution in [0.1, 0.15) is 5.56 Å². The van der Waals surface area contributed by atoms with Gasteiger partial charge in [-0.05, 0) is 46.7 Å². The lowest BCUT2D eigenvalue weighted by Crippen LogP contribution is -2.29. The molecule has 0 aromatic heterocycles. The Bertz CT molecular complexity index is 1210. The monoisotopic (exact) mass is 471 g/mol. The molecule has 0 unspecified atom stereocenters. The van der Waals surface area contributed by atoms with Crippen LogP contribution in [0.3, 0.4) is 0 Å². The predicted octanol–water partition coefficient (Wildman–Crippen LogP) is 4.12. The maximum Gasteiger partial charge on any atom is 0.304 e. The number of anilines is 1. The van der Waals surface area contributed by atoms with Crippen molar-refractivity contribution in [2.45, 2.75) is 0 Å². The Balaban J connectivity index is 0.00000272. The summed E-state index contributed by atoms with van der Waals surface area (Å²) in [4.78, 5) is 27.2. The number of fused-ring (bicyclic) bond motifs is 1. The number of rotatable bonds is 5. The van der Waals surface area contributed by atoms with Gasteiger partial charge >= 0.3 is 5.91 Å². The largest absolute Gasteiger partial charge is 0.383 e. The van der Waals surface area contributed by atoms with Crippen LogP contribution < -0.4 is 16.0 Å². The van der Waals surface area contributed by atoms with Gasteiger partial charge in [-0.25, -0.2) is 0 Å². The van der Waals surface area contributed by atoms with Crippen LogP contribution >= 0.6 is 36.2 Å². The van der Waals surface area contributed by atoms with Gasteiger partial charge in [-0.1, -0.05) is 60.2 Å². The standard InChI is InChI=1S/C23H18ClN3O2S.ClH/c24-17-7-9-18(10-8-17)27-22(29)21(28)19(23(27)30)20(26-12-11-25)16-6-5-14-3-1-2-4-15(14)13-16;/h1-10,13,26H,11-12,25H2;1H/b20-19-;. The number of carbonyl (C=O) groups excluding carboxylic acids is 2. The molecule has 0 atom stereocenters. The molecule has 3 aromatic carbocycles. The van der Waals surface area contributed by atoms with E-state index in [9.17, 15) is 9.59 Å². The van der Waals surface area contributed by atoms with Crippen molar-refractivity contribution in [1.82, 2.24) is 5.32 Å². The molecule has 1 aliphatic rings. The fourth-order valence-electron chi connectivity index (χ4n) is 3.43. The van der Waals surface area contributed by atoms with Gasteiger partial charge in [0, 0.05) is 18.1 Å². The molecule has 1 aliphatic heterocycles. The van der Waals surface area contributed by atoms with E-state index in [1.165, 1.54) is 4.90 Å². The molecule has 0 aliphatic carbocycles. The Kier molecular flexibility index (Phi) is 7.08. The number of nitrogens with zero attached hydrogens (tertiary/aromatic N) is 1. The number of thiocarbonyl (C=S) groups is 1. The molecule has 1 amide bonds. The number of carbonyl (C=O) groups is 2. The first-order valence-electron chi connectivity index (χ1n) is 9.37. The van der Waals surface area contributed by atoms with E-state index in [-0.39, 0.29) is 23.0 Å². The molecular formula is C23H19Cl2N3O2S. The first-order valence-corrected chi connectivity index (χ1v) is 10.2. The minimum atomic E-state index is -0.690. The SMILES string of the molecule is Cl.NCCN/C(=C1/C(=O)C(=O)N(c2ccc(Cl)cc2)C1=S)c1ccc2ccccc2c1. The van der Waals surface area contributed by atoms with E-state index >= 15 is 0 Å². The molecular weight excluding hydrogens is 453 g/mol. The fraction of sp³-hybridized carbons (Fsp3) is 0.0870. The normalized spacial score (nSPS) is 15.3. The Hall–Kier alpha value is -2.77. The third-order valence-corrected chi connectivity index (χ3v) is 5.50. The average Bonchev–Trinajstić information content (AvgIpc) is 2.98. The van der Waals surface area contributed by atoms with Crippen molar-refractivity contribution in [1.29, 1.82) is 0 Å². The molecule has 0 spiro atoms. The summed E-state index contributed by atoms with van der Waals surface area (Å²) in [7, 11) is 0. The zero-order chi connectivity index (χ0) is 21.3. The van der Waals surface area contributed by atoms with Gasteiger partial charge in [-0.3, -0.25) is 14.5 Å². The second-order valence-corrected chi connectivity index (χ2v) is 7.60. The van der Waals surface area contributed by atoms with Crippen LogP contribution in [0.2, 0.25) is 5.02 Å². The van der Waals surface area contributed by atoms with Gasteiger partial charge in [0.1, 0.15) is 4.99 Å². The van der Waals surface area contributed by atoms with Crippen LogP contribution in [0.4, 0.5) is 5.69 Å². The lowest BCUT2D eigenvalue weighted by molar-refractivity contribution is -0.132. The van der Waals surface area contributed by atoms with Gasteiger partial charge < -0.3 is 11.1 Å². The highest BCUT2D eigenvalue weighted by atomic mass is 35.5. The molecule has 3 N–H and O–H groups in total. The zero-order valence-electron chi connectivity index (χ0n) is 16.3. The van der Waals surface area contributed by atoms with Crippen LogP contribution in [0.15, 0.2) is 72.3 Å². The number of ketones is 1. The van der Waals surface area contributed by atoms with E-state index in [0.717, 1.165) is 16.3 Å². The Morgan fingerprint density at radius 2 is 1.68 bits per heavy atom. The number of nitrogens with two attached hydrogens (primary N) is 1. The first-order chi connectivity index (χ1) is 14.5. The van der Waals surface area contributed by atoms with E-state index < -0.39 is 11.7 Å². The predicted molar refractivity (Wildman–Crippen MR) is 132 cm³/mol. The molecule has 0 radical (unpaired) electrons. The van der Waals surface area contributed by atoms with E-state index in [1.807, 2.05) is 42.5 Å². The third-order valence-electron chi connectivity index (χ3n) is 4.86. The highest BCUT2D eigenvalue weighted by Crippen LogP contribution is 2.31. The van der Waals surface area contributed by atoms with Gasteiger partial charge in [0.15, 0.2) is 0 Å². The van der Waals surface area contributed by atoms with Crippen molar-refractivity contribution >= 4 is 75.1 Å². The van der Waals surface area contributed by atoms with Crippen LogP contribution in [0.25, 0.3) is 16.5 Å². The van der Waals surface area contributed by atoms with Crippen LogP contribution in [0.5, 0.6) is 0 Å². The van der Waals surface area contributed by atoms with E-state index in [1.54, 1.807) is 24.3 Å². The third kappa shape index (κ3) is 4.34. The molecule has 158 valence electrons. The van der Waals surface area contributed by atoms with Crippen molar-refractivity contribution in [3.8, 4) is 0 Å². The molecule has 0 bridgehead atoms. The Labute approximate surface area is 196 Å². The van der Waals surface area contributed by atoms with Crippen molar-refractivity contribution in [2.24, 2.45) is 5.73 Å². The molecule has 3 aromatic rings. The molecule has 5 nitrogen and oxygen atoms in total. The summed E-state index contributed by atoms with van der Waals surface area (Å²) >= 11 is 11.5. The molecule has 31 heavy (non-hydrogen) atoms. The minimum Gasteiger partial charge on any atom is -0.383 e. The topological polar surface area (TPSA) is 75.4 Å². The van der Waals surface area contributed by atoms with E-state index in [2.05, 4.69) is 5.32 Å². The maximum absolute atomic E-state index is 13.0. The zero-order valence-corrected chi connectivity index (χ0v) is 18.7. The number of hydrogen-bond donors (Lipinski definition) is 2. The van der Waals surface area contributed by atoms with Gasteiger partial charge in [0.2, 0.25) is 0 Å². The van der Waals surface area contributed by atoms with Gasteiger partial charge in [-0.2, -0.15) is 0 Å². The number of hydrogen-bond acceptors (Lipinski definition) is 5.